The molecule has 1 N–H and O–H groups in total. The summed E-state index contributed by atoms with van der Waals surface area (Å²) in [5.74, 6) is -0.960. The van der Waals surface area contributed by atoms with E-state index in [2.05, 4.69) is 20.9 Å². The highest BCUT2D eigenvalue weighted by Gasteiger charge is 2.16. The van der Waals surface area contributed by atoms with Crippen LogP contribution < -0.4 is 0 Å². The zero-order chi connectivity index (χ0) is 15.1. The Morgan fingerprint density at radius 2 is 2.14 bits per heavy atom. The lowest BCUT2D eigenvalue weighted by Crippen LogP contribution is -2.01. The normalized spacial score (nSPS) is 11.0. The molecule has 0 saturated heterocycles. The summed E-state index contributed by atoms with van der Waals surface area (Å²) in [6, 6.07) is 8.93. The van der Waals surface area contributed by atoms with Gasteiger partial charge in [-0.1, -0.05) is 23.7 Å². The van der Waals surface area contributed by atoms with Crippen molar-refractivity contribution in [3.63, 3.8) is 0 Å². The number of carbonyl (C=O) groups is 1. The highest BCUT2D eigenvalue weighted by molar-refractivity contribution is 9.10. The van der Waals surface area contributed by atoms with E-state index < -0.39 is 5.97 Å². The Hall–Kier alpha value is -1.85. The van der Waals surface area contributed by atoms with Gasteiger partial charge in [-0.3, -0.25) is 4.40 Å². The number of aryl methyl sites for hydroxylation is 1. The van der Waals surface area contributed by atoms with Crippen LogP contribution in [0.25, 0.3) is 16.9 Å². The fourth-order valence-electron chi connectivity index (χ4n) is 2.21. The molecule has 0 aliphatic carbocycles. The second kappa shape index (κ2) is 5.16. The zero-order valence-corrected chi connectivity index (χ0v) is 13.3. The maximum absolute atomic E-state index is 11.2. The number of halogens is 2. The van der Waals surface area contributed by atoms with Gasteiger partial charge in [-0.15, -0.1) is 0 Å². The highest BCUT2D eigenvalue weighted by Crippen LogP contribution is 2.31. The number of fused-ring (bicyclic) bond motifs is 1. The number of pyridine rings is 1. The lowest BCUT2D eigenvalue weighted by atomic mass is 10.1. The predicted octanol–water partition coefficient (Wildman–Crippen LogP) is 4.42. The quantitative estimate of drug-likeness (QED) is 0.731. The van der Waals surface area contributed by atoms with Gasteiger partial charge in [0.25, 0.3) is 0 Å². The number of imidazole rings is 1. The molecular weight excluding hydrogens is 356 g/mol. The molecule has 6 heteroatoms. The van der Waals surface area contributed by atoms with Gasteiger partial charge < -0.3 is 5.11 Å². The average Bonchev–Trinajstić information content (AvgIpc) is 2.75. The molecular formula is C15H10BrClN2O2. The summed E-state index contributed by atoms with van der Waals surface area (Å²) in [6.07, 6.45) is 1.75. The molecule has 0 bridgehead atoms. The topological polar surface area (TPSA) is 54.6 Å². The first kappa shape index (κ1) is 14.1. The first-order valence-corrected chi connectivity index (χ1v) is 7.32. The van der Waals surface area contributed by atoms with Crippen LogP contribution >= 0.6 is 27.5 Å². The van der Waals surface area contributed by atoms with Crippen molar-refractivity contribution < 1.29 is 9.90 Å². The van der Waals surface area contributed by atoms with Gasteiger partial charge in [-0.2, -0.15) is 0 Å². The lowest BCUT2D eigenvalue weighted by molar-refractivity contribution is 0.0696. The van der Waals surface area contributed by atoms with E-state index in [-0.39, 0.29) is 5.56 Å². The molecule has 106 valence electrons. The maximum Gasteiger partial charge on any atom is 0.336 e. The van der Waals surface area contributed by atoms with E-state index in [1.807, 2.05) is 22.6 Å². The molecule has 3 aromatic rings. The standard InChI is InChI=1S/C15H10BrClN2O2/c1-8-7-19-12(6-11(8)15(20)21)18-13(14(19)16)9-3-2-4-10(17)5-9/h2-7H,1H3,(H,20,21). The second-order valence-electron chi connectivity index (χ2n) is 4.67. The number of hydrogen-bond donors (Lipinski definition) is 1. The third-order valence-corrected chi connectivity index (χ3v) is 4.22. The van der Waals surface area contributed by atoms with E-state index >= 15 is 0 Å². The first-order chi connectivity index (χ1) is 9.97. The van der Waals surface area contributed by atoms with Crippen molar-refractivity contribution >= 4 is 39.1 Å². The molecule has 0 amide bonds. The van der Waals surface area contributed by atoms with Crippen molar-refractivity contribution in [2.45, 2.75) is 6.92 Å². The molecule has 0 aliphatic rings. The zero-order valence-electron chi connectivity index (χ0n) is 11.0. The maximum atomic E-state index is 11.2. The van der Waals surface area contributed by atoms with Crippen LogP contribution in [-0.4, -0.2) is 20.5 Å². The monoisotopic (exact) mass is 364 g/mol. The number of carboxylic acid groups (broad SMARTS) is 1. The van der Waals surface area contributed by atoms with Crippen molar-refractivity contribution in [3.8, 4) is 11.3 Å². The van der Waals surface area contributed by atoms with Crippen molar-refractivity contribution in [2.24, 2.45) is 0 Å². The summed E-state index contributed by atoms with van der Waals surface area (Å²) in [5, 5.41) is 9.81. The molecule has 0 saturated carbocycles. The number of nitrogens with zero attached hydrogens (tertiary/aromatic N) is 2. The number of benzene rings is 1. The van der Waals surface area contributed by atoms with Gasteiger partial charge in [0.05, 0.1) is 5.56 Å². The second-order valence-corrected chi connectivity index (χ2v) is 5.85. The summed E-state index contributed by atoms with van der Waals surface area (Å²) >= 11 is 9.53. The highest BCUT2D eigenvalue weighted by atomic mass is 79.9. The number of aromatic carboxylic acids is 1. The number of carboxylic acids is 1. The fraction of sp³-hybridized carbons (Fsp3) is 0.0667. The van der Waals surface area contributed by atoms with Crippen LogP contribution in [0.2, 0.25) is 5.02 Å². The SMILES string of the molecule is Cc1cn2c(Br)c(-c3cccc(Cl)c3)nc2cc1C(=O)O. The van der Waals surface area contributed by atoms with Gasteiger partial charge in [-0.25, -0.2) is 9.78 Å². The summed E-state index contributed by atoms with van der Waals surface area (Å²) in [5.41, 5.74) is 3.08. The first-order valence-electron chi connectivity index (χ1n) is 6.15. The van der Waals surface area contributed by atoms with Gasteiger partial charge in [0.1, 0.15) is 15.9 Å². The molecule has 0 fully saturated rings. The van der Waals surface area contributed by atoms with Crippen LogP contribution in [0, 0.1) is 6.92 Å². The third-order valence-electron chi connectivity index (χ3n) is 3.23. The Labute approximate surface area is 134 Å². The van der Waals surface area contributed by atoms with Crippen LogP contribution in [0.1, 0.15) is 15.9 Å². The molecule has 21 heavy (non-hydrogen) atoms. The van der Waals surface area contributed by atoms with Gasteiger partial charge in [0.2, 0.25) is 0 Å². The fourth-order valence-corrected chi connectivity index (χ4v) is 3.00. The summed E-state index contributed by atoms with van der Waals surface area (Å²) in [4.78, 5) is 15.7. The van der Waals surface area contributed by atoms with Gasteiger partial charge in [0, 0.05) is 16.8 Å². The Balaban J connectivity index is 2.27. The van der Waals surface area contributed by atoms with Crippen LogP contribution in [-0.2, 0) is 0 Å². The Morgan fingerprint density at radius 3 is 2.81 bits per heavy atom. The molecule has 0 atom stereocenters. The van der Waals surface area contributed by atoms with Crippen LogP contribution in [0.5, 0.6) is 0 Å². The largest absolute Gasteiger partial charge is 0.478 e. The van der Waals surface area contributed by atoms with Gasteiger partial charge in [0.15, 0.2) is 0 Å². The Kier molecular flexibility index (Phi) is 3.47. The minimum Gasteiger partial charge on any atom is -0.478 e. The summed E-state index contributed by atoms with van der Waals surface area (Å²) in [6.45, 7) is 1.76. The minimum atomic E-state index is -0.960. The van der Waals surface area contributed by atoms with E-state index in [0.29, 0.717) is 16.2 Å². The summed E-state index contributed by atoms with van der Waals surface area (Å²) < 4.78 is 2.58. The van der Waals surface area contributed by atoms with Crippen molar-refractivity contribution in [2.75, 3.05) is 0 Å². The van der Waals surface area contributed by atoms with Crippen molar-refractivity contribution in [3.05, 3.63) is 57.3 Å². The molecule has 0 radical (unpaired) electrons. The van der Waals surface area contributed by atoms with E-state index in [1.54, 1.807) is 25.3 Å². The summed E-state index contributed by atoms with van der Waals surface area (Å²) in [7, 11) is 0. The number of hydrogen-bond acceptors (Lipinski definition) is 2. The lowest BCUT2D eigenvalue weighted by Gasteiger charge is -2.02. The molecule has 1 aromatic carbocycles. The Morgan fingerprint density at radius 1 is 1.38 bits per heavy atom. The van der Waals surface area contributed by atoms with Crippen molar-refractivity contribution in [1.29, 1.82) is 0 Å². The molecule has 2 aromatic heterocycles. The third kappa shape index (κ3) is 2.43. The van der Waals surface area contributed by atoms with E-state index in [4.69, 9.17) is 11.6 Å². The molecule has 3 rings (SSSR count). The predicted molar refractivity (Wildman–Crippen MR) is 85.0 cm³/mol. The van der Waals surface area contributed by atoms with Gasteiger partial charge in [-0.05, 0) is 46.6 Å². The van der Waals surface area contributed by atoms with Crippen LogP contribution in [0.3, 0.4) is 0 Å². The van der Waals surface area contributed by atoms with E-state index in [9.17, 15) is 9.90 Å². The van der Waals surface area contributed by atoms with Crippen LogP contribution in [0.4, 0.5) is 0 Å². The van der Waals surface area contributed by atoms with Gasteiger partial charge >= 0.3 is 5.97 Å². The van der Waals surface area contributed by atoms with E-state index in [1.165, 1.54) is 0 Å². The average molecular weight is 366 g/mol. The number of aromatic nitrogens is 2. The molecule has 0 aliphatic heterocycles. The molecule has 0 unspecified atom stereocenters. The van der Waals surface area contributed by atoms with Crippen molar-refractivity contribution in [1.82, 2.24) is 9.38 Å². The molecule has 4 nitrogen and oxygen atoms in total. The molecule has 0 spiro atoms. The number of rotatable bonds is 2. The van der Waals surface area contributed by atoms with E-state index in [0.717, 1.165) is 15.9 Å². The minimum absolute atomic E-state index is 0.248. The van der Waals surface area contributed by atoms with Crippen LogP contribution in [0.15, 0.2) is 41.1 Å². The molecule has 2 heterocycles. The Bertz CT molecular complexity index is 873. The smallest absolute Gasteiger partial charge is 0.336 e.